The number of guanidine groups is 1. The van der Waals surface area contributed by atoms with Gasteiger partial charge in [-0.3, -0.25) is 0 Å². The lowest BCUT2D eigenvalue weighted by atomic mass is 10.3. The molecule has 0 radical (unpaired) electrons. The van der Waals surface area contributed by atoms with E-state index in [1.165, 1.54) is 0 Å². The number of benzene rings is 1. The average molecular weight is 480 g/mol. The molecule has 0 amide bonds. The zero-order valence-electron chi connectivity index (χ0n) is 14.5. The largest absolute Gasteiger partial charge is 0.492 e. The van der Waals surface area contributed by atoms with E-state index in [4.69, 9.17) is 20.9 Å². The molecule has 1 aromatic heterocycles. The summed E-state index contributed by atoms with van der Waals surface area (Å²) in [6.45, 7) is 6.12. The van der Waals surface area contributed by atoms with Gasteiger partial charge >= 0.3 is 0 Å². The van der Waals surface area contributed by atoms with E-state index in [9.17, 15) is 0 Å². The molecule has 0 saturated heterocycles. The minimum absolute atomic E-state index is 0. The highest BCUT2D eigenvalue weighted by atomic mass is 127. The van der Waals surface area contributed by atoms with Crippen LogP contribution in [-0.4, -0.2) is 47.7 Å². The van der Waals surface area contributed by atoms with Crippen LogP contribution in [0, 0.1) is 6.92 Å². The molecule has 0 aliphatic carbocycles. The molecule has 0 spiro atoms. The third-order valence-electron chi connectivity index (χ3n) is 3.15. The van der Waals surface area contributed by atoms with Crippen molar-refractivity contribution in [1.29, 1.82) is 0 Å². The fraction of sp³-hybridized carbons (Fsp3) is 0.438. The standard InChI is InChI=1S/C16H22ClN5O2.HI/c1-4-18-16(19-11-15-20-12(2)24-21-15)22(3)9-10-23-14-7-5-13(17)6-8-14;/h5-8H,4,9-11H2,1-3H3,(H,18,19);1H. The lowest BCUT2D eigenvalue weighted by Crippen LogP contribution is -2.40. The van der Waals surface area contributed by atoms with Gasteiger partial charge < -0.3 is 19.5 Å². The van der Waals surface area contributed by atoms with Crippen LogP contribution >= 0.6 is 35.6 Å². The van der Waals surface area contributed by atoms with Crippen molar-refractivity contribution < 1.29 is 9.26 Å². The molecule has 1 heterocycles. The molecule has 2 rings (SSSR count). The van der Waals surface area contributed by atoms with Gasteiger partial charge in [-0.1, -0.05) is 16.8 Å². The highest BCUT2D eigenvalue weighted by molar-refractivity contribution is 14.0. The fourth-order valence-electron chi connectivity index (χ4n) is 1.96. The number of ether oxygens (including phenoxy) is 1. The summed E-state index contributed by atoms with van der Waals surface area (Å²) in [7, 11) is 1.95. The molecular weight excluding hydrogens is 457 g/mol. The monoisotopic (exact) mass is 479 g/mol. The lowest BCUT2D eigenvalue weighted by Gasteiger charge is -2.22. The number of likely N-dealkylation sites (N-methyl/N-ethyl adjacent to an activating group) is 1. The van der Waals surface area contributed by atoms with E-state index in [-0.39, 0.29) is 24.0 Å². The normalized spacial score (nSPS) is 11.0. The zero-order valence-corrected chi connectivity index (χ0v) is 17.6. The second-order valence-corrected chi connectivity index (χ2v) is 5.56. The summed E-state index contributed by atoms with van der Waals surface area (Å²) < 4.78 is 10.6. The van der Waals surface area contributed by atoms with Gasteiger partial charge in [0.2, 0.25) is 5.89 Å². The van der Waals surface area contributed by atoms with Gasteiger partial charge in [-0.05, 0) is 31.2 Å². The fourth-order valence-corrected chi connectivity index (χ4v) is 2.08. The molecule has 1 N–H and O–H groups in total. The Morgan fingerprint density at radius 2 is 2.08 bits per heavy atom. The topological polar surface area (TPSA) is 75.8 Å². The first-order valence-corrected chi connectivity index (χ1v) is 8.13. The molecule has 0 aliphatic rings. The SMILES string of the molecule is CCNC(=NCc1noc(C)n1)N(C)CCOc1ccc(Cl)cc1.I. The second kappa shape index (κ2) is 11.1. The van der Waals surface area contributed by atoms with Crippen LogP contribution in [0.2, 0.25) is 5.02 Å². The molecule has 7 nitrogen and oxygen atoms in total. The Morgan fingerprint density at radius 1 is 1.36 bits per heavy atom. The quantitative estimate of drug-likeness (QED) is 0.374. The number of aryl methyl sites for hydroxylation is 1. The summed E-state index contributed by atoms with van der Waals surface area (Å²) in [6, 6.07) is 7.30. The number of aromatic nitrogens is 2. The van der Waals surface area contributed by atoms with E-state index < -0.39 is 0 Å². The van der Waals surface area contributed by atoms with Gasteiger partial charge in [0.1, 0.15) is 18.9 Å². The van der Waals surface area contributed by atoms with E-state index in [0.29, 0.717) is 36.4 Å². The van der Waals surface area contributed by atoms with Crippen molar-refractivity contribution >= 4 is 41.5 Å². The number of aliphatic imine (C=N–C) groups is 1. The Hall–Kier alpha value is -1.55. The van der Waals surface area contributed by atoms with Crippen molar-refractivity contribution in [3.8, 4) is 5.75 Å². The van der Waals surface area contributed by atoms with Gasteiger partial charge in [0.05, 0.1) is 6.54 Å². The maximum Gasteiger partial charge on any atom is 0.223 e. The maximum absolute atomic E-state index is 5.85. The van der Waals surface area contributed by atoms with Crippen molar-refractivity contribution in [2.45, 2.75) is 20.4 Å². The Labute approximate surface area is 169 Å². The third kappa shape index (κ3) is 7.47. The van der Waals surface area contributed by atoms with Crippen molar-refractivity contribution in [3.63, 3.8) is 0 Å². The van der Waals surface area contributed by atoms with Crippen LogP contribution in [0.4, 0.5) is 0 Å². The van der Waals surface area contributed by atoms with Crippen molar-refractivity contribution in [2.75, 3.05) is 26.7 Å². The van der Waals surface area contributed by atoms with Gasteiger partial charge in [0.15, 0.2) is 11.8 Å². The molecule has 2 aromatic rings. The number of hydrogen-bond acceptors (Lipinski definition) is 5. The molecule has 25 heavy (non-hydrogen) atoms. The lowest BCUT2D eigenvalue weighted by molar-refractivity contribution is 0.281. The van der Waals surface area contributed by atoms with Crippen molar-refractivity contribution in [3.05, 3.63) is 41.0 Å². The van der Waals surface area contributed by atoms with Crippen LogP contribution in [0.5, 0.6) is 5.75 Å². The summed E-state index contributed by atoms with van der Waals surface area (Å²) in [6.07, 6.45) is 0. The predicted octanol–water partition coefficient (Wildman–Crippen LogP) is 3.13. The zero-order chi connectivity index (χ0) is 17.4. The van der Waals surface area contributed by atoms with Crippen molar-refractivity contribution in [1.82, 2.24) is 20.4 Å². The summed E-state index contributed by atoms with van der Waals surface area (Å²) in [4.78, 5) is 10.6. The van der Waals surface area contributed by atoms with Crippen LogP contribution in [0.1, 0.15) is 18.6 Å². The number of nitrogens with one attached hydrogen (secondary N) is 1. The minimum atomic E-state index is 0. The van der Waals surface area contributed by atoms with Gasteiger partial charge in [-0.25, -0.2) is 4.99 Å². The highest BCUT2D eigenvalue weighted by Crippen LogP contribution is 2.15. The molecule has 0 atom stereocenters. The molecule has 0 unspecified atom stereocenters. The van der Waals surface area contributed by atoms with Gasteiger partial charge in [-0.2, -0.15) is 4.98 Å². The molecule has 138 valence electrons. The Kier molecular flexibility index (Phi) is 9.58. The van der Waals surface area contributed by atoms with E-state index in [2.05, 4.69) is 20.4 Å². The van der Waals surface area contributed by atoms with Crippen LogP contribution in [0.25, 0.3) is 0 Å². The highest BCUT2D eigenvalue weighted by Gasteiger charge is 2.07. The summed E-state index contributed by atoms with van der Waals surface area (Å²) in [5.41, 5.74) is 0. The molecule has 0 fully saturated rings. The summed E-state index contributed by atoms with van der Waals surface area (Å²) in [5, 5.41) is 7.77. The van der Waals surface area contributed by atoms with Crippen LogP contribution in [-0.2, 0) is 6.54 Å². The summed E-state index contributed by atoms with van der Waals surface area (Å²) >= 11 is 5.85. The van der Waals surface area contributed by atoms with E-state index in [1.807, 2.05) is 31.0 Å². The van der Waals surface area contributed by atoms with Crippen molar-refractivity contribution in [2.24, 2.45) is 4.99 Å². The van der Waals surface area contributed by atoms with Gasteiger partial charge in [0.25, 0.3) is 0 Å². The van der Waals surface area contributed by atoms with Crippen LogP contribution in [0.15, 0.2) is 33.8 Å². The average Bonchev–Trinajstić information content (AvgIpc) is 2.98. The number of halogens is 2. The summed E-state index contributed by atoms with van der Waals surface area (Å²) in [5.74, 6) is 2.65. The predicted molar refractivity (Wildman–Crippen MR) is 109 cm³/mol. The minimum Gasteiger partial charge on any atom is -0.492 e. The first kappa shape index (κ1) is 21.5. The molecule has 0 bridgehead atoms. The Morgan fingerprint density at radius 3 is 2.68 bits per heavy atom. The first-order chi connectivity index (χ1) is 11.6. The molecule has 9 heteroatoms. The van der Waals surface area contributed by atoms with Gasteiger partial charge in [-0.15, -0.1) is 24.0 Å². The number of rotatable bonds is 7. The third-order valence-corrected chi connectivity index (χ3v) is 3.40. The number of hydrogen-bond donors (Lipinski definition) is 1. The first-order valence-electron chi connectivity index (χ1n) is 7.75. The second-order valence-electron chi connectivity index (χ2n) is 5.12. The maximum atomic E-state index is 5.85. The van der Waals surface area contributed by atoms with E-state index >= 15 is 0 Å². The molecular formula is C16H23ClIN5O2. The van der Waals surface area contributed by atoms with Gasteiger partial charge in [0, 0.05) is 25.5 Å². The van der Waals surface area contributed by atoms with Crippen LogP contribution in [0.3, 0.4) is 0 Å². The molecule has 0 aliphatic heterocycles. The number of nitrogens with zero attached hydrogens (tertiary/aromatic N) is 4. The molecule has 0 saturated carbocycles. The van der Waals surface area contributed by atoms with Crippen LogP contribution < -0.4 is 10.1 Å². The molecule has 1 aromatic carbocycles. The van der Waals surface area contributed by atoms with E-state index in [1.54, 1.807) is 19.1 Å². The van der Waals surface area contributed by atoms with E-state index in [0.717, 1.165) is 18.3 Å². The smallest absolute Gasteiger partial charge is 0.223 e. The Bertz CT molecular complexity index is 663. The Balaban J connectivity index is 0.00000312.